The van der Waals surface area contributed by atoms with E-state index < -0.39 is 0 Å². The van der Waals surface area contributed by atoms with E-state index in [1.54, 1.807) is 0 Å². The molecule has 2 nitrogen and oxygen atoms in total. The van der Waals surface area contributed by atoms with E-state index in [-0.39, 0.29) is 39.4 Å². The quantitative estimate of drug-likeness (QED) is 0.552. The van der Waals surface area contributed by atoms with Crippen LogP contribution in [0.1, 0.15) is 51.9 Å². The van der Waals surface area contributed by atoms with Crippen LogP contribution in [0.2, 0.25) is 0 Å². The molecule has 1 saturated carbocycles. The van der Waals surface area contributed by atoms with Crippen LogP contribution in [0.15, 0.2) is 0 Å². The summed E-state index contributed by atoms with van der Waals surface area (Å²) in [5.41, 5.74) is 0. The molecule has 3 heteroatoms. The molecular formula is C10H20O2Pb. The van der Waals surface area contributed by atoms with Crippen molar-refractivity contribution in [2.75, 3.05) is 0 Å². The minimum atomic E-state index is -0.00981. The van der Waals surface area contributed by atoms with Crippen molar-refractivity contribution in [3.63, 3.8) is 0 Å². The van der Waals surface area contributed by atoms with Gasteiger partial charge in [-0.1, -0.05) is 13.3 Å². The van der Waals surface area contributed by atoms with Crippen molar-refractivity contribution in [3.8, 4) is 0 Å². The molecule has 1 aliphatic carbocycles. The predicted octanol–water partition coefficient (Wildman–Crippen LogP) is 1.75. The fourth-order valence-corrected chi connectivity index (χ4v) is 1.63. The second-order valence-electron chi connectivity index (χ2n) is 3.50. The molecule has 76 valence electrons. The van der Waals surface area contributed by atoms with E-state index in [0.29, 0.717) is 6.42 Å². The van der Waals surface area contributed by atoms with Crippen molar-refractivity contribution in [2.45, 2.75) is 58.0 Å². The van der Waals surface area contributed by atoms with Gasteiger partial charge in [-0.2, -0.15) is 0 Å². The molecule has 1 aliphatic rings. The zero-order chi connectivity index (χ0) is 8.81. The zero-order valence-electron chi connectivity index (χ0n) is 8.55. The summed E-state index contributed by atoms with van der Waals surface area (Å²) in [4.78, 5) is 11.1. The van der Waals surface area contributed by atoms with Gasteiger partial charge in [-0.25, -0.2) is 0 Å². The van der Waals surface area contributed by atoms with Gasteiger partial charge in [0.25, 0.3) is 0 Å². The van der Waals surface area contributed by atoms with E-state index in [1.165, 1.54) is 19.3 Å². The van der Waals surface area contributed by atoms with E-state index in [1.807, 2.05) is 6.92 Å². The van der Waals surface area contributed by atoms with Crippen LogP contribution in [0.3, 0.4) is 0 Å². The molecular weight excluding hydrogens is 359 g/mol. The van der Waals surface area contributed by atoms with Crippen molar-refractivity contribution >= 4 is 33.3 Å². The molecule has 0 saturated heterocycles. The number of carbonyl (C=O) groups is 1. The van der Waals surface area contributed by atoms with E-state index in [2.05, 4.69) is 0 Å². The molecule has 0 aromatic rings. The number of ether oxygens (including phenoxy) is 1. The molecule has 0 atom stereocenters. The van der Waals surface area contributed by atoms with Crippen molar-refractivity contribution in [1.82, 2.24) is 0 Å². The summed E-state index contributed by atoms with van der Waals surface area (Å²) in [6, 6.07) is 0. The van der Waals surface area contributed by atoms with Crippen LogP contribution < -0.4 is 0 Å². The Bertz CT molecular complexity index is 142. The average Bonchev–Trinajstić information content (AvgIpc) is 2.06. The number of rotatable bonds is 3. The van der Waals surface area contributed by atoms with Crippen molar-refractivity contribution < 1.29 is 9.53 Å². The predicted molar refractivity (Wildman–Crippen MR) is 56.4 cm³/mol. The molecule has 0 bridgehead atoms. The summed E-state index contributed by atoms with van der Waals surface area (Å²) >= 11 is 0. The van der Waals surface area contributed by atoms with Gasteiger partial charge in [-0.05, 0) is 32.1 Å². The Kier molecular flexibility index (Phi) is 8.00. The third kappa shape index (κ3) is 5.65. The van der Waals surface area contributed by atoms with Crippen molar-refractivity contribution in [2.24, 2.45) is 0 Å². The Hall–Kier alpha value is 0.392. The molecule has 0 aromatic carbocycles. The maximum atomic E-state index is 11.1. The second kappa shape index (κ2) is 7.76. The van der Waals surface area contributed by atoms with Crippen LogP contribution in [-0.4, -0.2) is 39.4 Å². The maximum absolute atomic E-state index is 11.1. The summed E-state index contributed by atoms with van der Waals surface area (Å²) in [5.74, 6) is -0.00981. The molecule has 0 N–H and O–H groups in total. The summed E-state index contributed by atoms with van der Waals surface area (Å²) in [6.45, 7) is 2.00. The number of hydrogen-bond acceptors (Lipinski definition) is 2. The molecule has 13 heavy (non-hydrogen) atoms. The molecule has 1 rings (SSSR count). The summed E-state index contributed by atoms with van der Waals surface area (Å²) in [6.07, 6.45) is 7.63. The third-order valence-electron chi connectivity index (χ3n) is 2.30. The van der Waals surface area contributed by atoms with Gasteiger partial charge in [0.1, 0.15) is 6.10 Å². The summed E-state index contributed by atoms with van der Waals surface area (Å²) in [7, 11) is 0. The first-order chi connectivity index (χ1) is 5.83. The Morgan fingerprint density at radius 1 is 1.31 bits per heavy atom. The Balaban J connectivity index is 0.00000144. The van der Waals surface area contributed by atoms with Gasteiger partial charge in [0.15, 0.2) is 0 Å². The SMILES string of the molecule is CCCC(=O)OC1CCCCC1.[PbH2]. The van der Waals surface area contributed by atoms with Gasteiger partial charge >= 0.3 is 33.3 Å². The van der Waals surface area contributed by atoms with Gasteiger partial charge < -0.3 is 4.74 Å². The van der Waals surface area contributed by atoms with Gasteiger partial charge in [0, 0.05) is 6.42 Å². The van der Waals surface area contributed by atoms with Crippen LogP contribution in [0.25, 0.3) is 0 Å². The third-order valence-corrected chi connectivity index (χ3v) is 2.30. The molecule has 0 amide bonds. The van der Waals surface area contributed by atoms with Gasteiger partial charge in [0.2, 0.25) is 0 Å². The van der Waals surface area contributed by atoms with Gasteiger partial charge in [0.05, 0.1) is 0 Å². The molecule has 2 radical (unpaired) electrons. The fraction of sp³-hybridized carbons (Fsp3) is 0.900. The first kappa shape index (κ1) is 13.4. The zero-order valence-corrected chi connectivity index (χ0v) is 14.0. The Morgan fingerprint density at radius 2 is 1.92 bits per heavy atom. The molecule has 0 unspecified atom stereocenters. The van der Waals surface area contributed by atoms with Crippen molar-refractivity contribution in [1.29, 1.82) is 0 Å². The van der Waals surface area contributed by atoms with Crippen LogP contribution in [0, 0.1) is 0 Å². The topological polar surface area (TPSA) is 26.3 Å². The molecule has 0 aromatic heterocycles. The standard InChI is InChI=1S/C10H18O2.Pb.2H/c1-2-6-10(11)12-9-7-4-3-5-8-9;;;/h9H,2-8H2,1H3;;;. The molecule has 0 aliphatic heterocycles. The van der Waals surface area contributed by atoms with E-state index in [9.17, 15) is 4.79 Å². The van der Waals surface area contributed by atoms with Crippen molar-refractivity contribution in [3.05, 3.63) is 0 Å². The second-order valence-corrected chi connectivity index (χ2v) is 3.50. The normalized spacial score (nSPS) is 17.6. The van der Waals surface area contributed by atoms with Gasteiger partial charge in [-0.3, -0.25) is 4.79 Å². The van der Waals surface area contributed by atoms with E-state index in [0.717, 1.165) is 19.3 Å². The Labute approximate surface area is 101 Å². The van der Waals surface area contributed by atoms with Crippen LogP contribution in [-0.2, 0) is 9.53 Å². The number of carbonyl (C=O) groups excluding carboxylic acids is 1. The number of hydrogen-bond donors (Lipinski definition) is 0. The van der Waals surface area contributed by atoms with Crippen LogP contribution >= 0.6 is 0 Å². The van der Waals surface area contributed by atoms with Gasteiger partial charge in [-0.15, -0.1) is 0 Å². The first-order valence-electron chi connectivity index (χ1n) is 5.02. The first-order valence-corrected chi connectivity index (χ1v) is 5.02. The molecule has 0 spiro atoms. The van der Waals surface area contributed by atoms with Crippen LogP contribution in [0.5, 0.6) is 0 Å². The van der Waals surface area contributed by atoms with E-state index in [4.69, 9.17) is 4.74 Å². The summed E-state index contributed by atoms with van der Waals surface area (Å²) in [5, 5.41) is 0. The van der Waals surface area contributed by atoms with E-state index >= 15 is 0 Å². The van der Waals surface area contributed by atoms with Crippen LogP contribution in [0.4, 0.5) is 0 Å². The molecule has 1 fully saturated rings. The number of esters is 1. The monoisotopic (exact) mass is 380 g/mol. The Morgan fingerprint density at radius 3 is 2.46 bits per heavy atom. The molecule has 0 heterocycles. The minimum absolute atomic E-state index is 0. The fourth-order valence-electron chi connectivity index (χ4n) is 1.63. The summed E-state index contributed by atoms with van der Waals surface area (Å²) < 4.78 is 5.29. The average molecular weight is 379 g/mol.